The Hall–Kier alpha value is -3.70. The maximum absolute atomic E-state index is 12.8. The van der Waals surface area contributed by atoms with E-state index < -0.39 is 0 Å². The van der Waals surface area contributed by atoms with Crippen molar-refractivity contribution in [2.45, 2.75) is 12.5 Å². The van der Waals surface area contributed by atoms with Gasteiger partial charge in [-0.15, -0.1) is 0 Å². The lowest BCUT2D eigenvalue weighted by atomic mass is 10.0. The van der Waals surface area contributed by atoms with Crippen molar-refractivity contribution in [3.63, 3.8) is 0 Å². The van der Waals surface area contributed by atoms with E-state index in [2.05, 4.69) is 20.5 Å². The summed E-state index contributed by atoms with van der Waals surface area (Å²) in [4.78, 5) is 17.2. The van der Waals surface area contributed by atoms with E-state index in [0.29, 0.717) is 11.4 Å². The Morgan fingerprint density at radius 3 is 2.68 bits per heavy atom. The smallest absolute Gasteiger partial charge is 0.244 e. The Morgan fingerprint density at radius 2 is 1.90 bits per heavy atom. The largest absolute Gasteiger partial charge is 0.345 e. The fraction of sp³-hybridized carbons (Fsp3) is 0.0800. The first-order valence-electron chi connectivity index (χ1n) is 9.92. The molecule has 0 aliphatic rings. The molecule has 4 rings (SSSR count). The van der Waals surface area contributed by atoms with Crippen molar-refractivity contribution >= 4 is 23.6 Å². The molecular weight excluding hydrogens is 408 g/mol. The molecule has 2 N–H and O–H groups in total. The van der Waals surface area contributed by atoms with Crippen molar-refractivity contribution in [2.75, 3.05) is 0 Å². The first-order chi connectivity index (χ1) is 15.2. The molecule has 2 aromatic heterocycles. The average molecular weight is 429 g/mol. The van der Waals surface area contributed by atoms with Gasteiger partial charge in [0.1, 0.15) is 0 Å². The molecule has 31 heavy (non-hydrogen) atoms. The molecule has 2 heterocycles. The van der Waals surface area contributed by atoms with Gasteiger partial charge < -0.3 is 5.32 Å². The second kappa shape index (κ2) is 9.87. The number of H-pyrrole nitrogens is 1. The lowest BCUT2D eigenvalue weighted by molar-refractivity contribution is -0.117. The molecule has 4 aromatic rings. The summed E-state index contributed by atoms with van der Waals surface area (Å²) in [5.41, 5.74) is 4.43. The van der Waals surface area contributed by atoms with Crippen LogP contribution in [-0.4, -0.2) is 21.1 Å². The van der Waals surface area contributed by atoms with E-state index in [0.717, 1.165) is 28.1 Å². The van der Waals surface area contributed by atoms with E-state index >= 15 is 0 Å². The highest BCUT2D eigenvalue weighted by atomic mass is 35.5. The van der Waals surface area contributed by atoms with Gasteiger partial charge >= 0.3 is 0 Å². The van der Waals surface area contributed by atoms with Crippen LogP contribution in [0.15, 0.2) is 91.3 Å². The summed E-state index contributed by atoms with van der Waals surface area (Å²) in [6.07, 6.45) is 7.36. The van der Waals surface area contributed by atoms with Crippen LogP contribution in [-0.2, 0) is 11.2 Å². The summed E-state index contributed by atoms with van der Waals surface area (Å²) in [6, 6.07) is 22.8. The molecule has 5 nitrogen and oxygen atoms in total. The van der Waals surface area contributed by atoms with Crippen LogP contribution in [0.4, 0.5) is 0 Å². The van der Waals surface area contributed by atoms with E-state index in [1.165, 1.54) is 6.08 Å². The van der Waals surface area contributed by atoms with Gasteiger partial charge in [0.2, 0.25) is 5.91 Å². The minimum Gasteiger partial charge on any atom is -0.345 e. The molecule has 0 bridgehead atoms. The monoisotopic (exact) mass is 428 g/mol. The van der Waals surface area contributed by atoms with Gasteiger partial charge in [0, 0.05) is 46.7 Å². The van der Waals surface area contributed by atoms with Crippen molar-refractivity contribution in [1.29, 1.82) is 0 Å². The number of hydrogen-bond acceptors (Lipinski definition) is 3. The van der Waals surface area contributed by atoms with Crippen molar-refractivity contribution in [1.82, 2.24) is 20.5 Å². The number of amides is 1. The standard InChI is InChI=1S/C25H21ClN4O/c26-21-10-6-9-19(15-21)23(16-22-11-4-5-14-27-22)29-24(31)13-12-20-17-28-30-25(20)18-7-2-1-3-8-18/h1-15,17,23H,16H2,(H,28,30)(H,29,31)/b13-12+. The Bertz CT molecular complexity index is 1170. The molecule has 2 aromatic carbocycles. The average Bonchev–Trinajstić information content (AvgIpc) is 3.27. The van der Waals surface area contributed by atoms with E-state index in [1.807, 2.05) is 72.8 Å². The fourth-order valence-electron chi connectivity index (χ4n) is 3.34. The molecule has 1 atom stereocenters. The molecule has 0 saturated heterocycles. The zero-order valence-electron chi connectivity index (χ0n) is 16.7. The number of halogens is 1. The van der Waals surface area contributed by atoms with Gasteiger partial charge in [-0.3, -0.25) is 14.9 Å². The second-order valence-corrected chi connectivity index (χ2v) is 7.47. The van der Waals surface area contributed by atoms with Gasteiger partial charge in [0.15, 0.2) is 0 Å². The molecule has 0 aliphatic carbocycles. The third kappa shape index (κ3) is 5.47. The van der Waals surface area contributed by atoms with Crippen LogP contribution in [0.2, 0.25) is 5.02 Å². The number of carbonyl (C=O) groups excluding carboxylic acids is 1. The SMILES string of the molecule is O=C(/C=C/c1c[nH]nc1-c1ccccc1)NC(Cc1ccccn1)c1cccc(Cl)c1. The van der Waals surface area contributed by atoms with Gasteiger partial charge in [-0.05, 0) is 35.9 Å². The number of rotatable bonds is 7. The highest BCUT2D eigenvalue weighted by Gasteiger charge is 2.16. The molecule has 0 saturated carbocycles. The van der Waals surface area contributed by atoms with Crippen LogP contribution in [0.5, 0.6) is 0 Å². The second-order valence-electron chi connectivity index (χ2n) is 7.03. The first kappa shape index (κ1) is 20.6. The van der Waals surface area contributed by atoms with Crippen molar-refractivity contribution < 1.29 is 4.79 Å². The van der Waals surface area contributed by atoms with Crippen LogP contribution in [0.3, 0.4) is 0 Å². The summed E-state index contributed by atoms with van der Waals surface area (Å²) < 4.78 is 0. The van der Waals surface area contributed by atoms with Gasteiger partial charge in [-0.25, -0.2) is 0 Å². The molecule has 0 spiro atoms. The summed E-state index contributed by atoms with van der Waals surface area (Å²) in [7, 11) is 0. The third-order valence-electron chi connectivity index (χ3n) is 4.84. The Morgan fingerprint density at radius 1 is 1.06 bits per heavy atom. The van der Waals surface area contributed by atoms with Gasteiger partial charge in [-0.2, -0.15) is 5.10 Å². The van der Waals surface area contributed by atoms with Crippen molar-refractivity contribution in [3.8, 4) is 11.3 Å². The van der Waals surface area contributed by atoms with Crippen LogP contribution in [0.25, 0.3) is 17.3 Å². The molecule has 1 unspecified atom stereocenters. The summed E-state index contributed by atoms with van der Waals surface area (Å²) >= 11 is 6.18. The molecule has 6 heteroatoms. The molecule has 1 amide bonds. The van der Waals surface area contributed by atoms with Crippen LogP contribution in [0, 0.1) is 0 Å². The fourth-order valence-corrected chi connectivity index (χ4v) is 3.54. The normalized spacial score (nSPS) is 12.0. The van der Waals surface area contributed by atoms with Crippen LogP contribution >= 0.6 is 11.6 Å². The summed E-state index contributed by atoms with van der Waals surface area (Å²) in [5, 5.41) is 10.9. The minimum absolute atomic E-state index is 0.207. The van der Waals surface area contributed by atoms with Crippen molar-refractivity contribution in [3.05, 3.63) is 113 Å². The molecular formula is C25H21ClN4O. The minimum atomic E-state index is -0.260. The maximum Gasteiger partial charge on any atom is 0.244 e. The quantitative estimate of drug-likeness (QED) is 0.395. The highest BCUT2D eigenvalue weighted by molar-refractivity contribution is 6.30. The Labute approximate surface area is 185 Å². The Balaban J connectivity index is 1.52. The zero-order chi connectivity index (χ0) is 21.5. The van der Waals surface area contributed by atoms with Gasteiger partial charge in [-0.1, -0.05) is 60.1 Å². The molecule has 0 fully saturated rings. The topological polar surface area (TPSA) is 70.7 Å². The number of carbonyl (C=O) groups is 1. The number of hydrogen-bond donors (Lipinski definition) is 2. The molecule has 0 aliphatic heterocycles. The van der Waals surface area contributed by atoms with Crippen LogP contribution < -0.4 is 5.32 Å². The number of aromatic amines is 1. The first-order valence-corrected chi connectivity index (χ1v) is 10.3. The lowest BCUT2D eigenvalue weighted by Crippen LogP contribution is -2.28. The van der Waals surface area contributed by atoms with E-state index in [1.54, 1.807) is 18.5 Å². The molecule has 0 radical (unpaired) electrons. The highest BCUT2D eigenvalue weighted by Crippen LogP contribution is 2.23. The number of benzene rings is 2. The van der Waals surface area contributed by atoms with Gasteiger partial charge in [0.25, 0.3) is 0 Å². The number of aromatic nitrogens is 3. The Kier molecular flexibility index (Phi) is 6.55. The lowest BCUT2D eigenvalue weighted by Gasteiger charge is -2.18. The van der Waals surface area contributed by atoms with E-state index in [4.69, 9.17) is 11.6 Å². The van der Waals surface area contributed by atoms with Crippen LogP contribution in [0.1, 0.15) is 22.9 Å². The predicted molar refractivity (Wildman–Crippen MR) is 123 cm³/mol. The number of nitrogens with zero attached hydrogens (tertiary/aromatic N) is 2. The van der Waals surface area contributed by atoms with Crippen molar-refractivity contribution in [2.24, 2.45) is 0 Å². The predicted octanol–water partition coefficient (Wildman–Crippen LogP) is 5.24. The number of nitrogens with one attached hydrogen (secondary N) is 2. The zero-order valence-corrected chi connectivity index (χ0v) is 17.5. The number of pyridine rings is 1. The maximum atomic E-state index is 12.8. The van der Waals surface area contributed by atoms with E-state index in [-0.39, 0.29) is 11.9 Å². The summed E-state index contributed by atoms with van der Waals surface area (Å²) in [5.74, 6) is -0.207. The van der Waals surface area contributed by atoms with E-state index in [9.17, 15) is 4.79 Å². The van der Waals surface area contributed by atoms with Gasteiger partial charge in [0.05, 0.1) is 11.7 Å². The summed E-state index contributed by atoms with van der Waals surface area (Å²) in [6.45, 7) is 0. The molecule has 154 valence electrons. The third-order valence-corrected chi connectivity index (χ3v) is 5.07.